The van der Waals surface area contributed by atoms with Crippen molar-refractivity contribution in [3.8, 4) is 0 Å². The zero-order valence-electron chi connectivity index (χ0n) is 9.16. The van der Waals surface area contributed by atoms with Crippen molar-refractivity contribution in [3.05, 3.63) is 42.0 Å². The van der Waals surface area contributed by atoms with E-state index in [0.29, 0.717) is 0 Å². The molecule has 0 radical (unpaired) electrons. The average Bonchev–Trinajstić information content (AvgIpc) is 2.15. The minimum atomic E-state index is -4.94. The zero-order chi connectivity index (χ0) is 10.8. The molecule has 0 aliphatic heterocycles. The van der Waals surface area contributed by atoms with Gasteiger partial charge in [0.15, 0.2) is 0 Å². The Morgan fingerprint density at radius 3 is 2.19 bits per heavy atom. The largest absolute Gasteiger partial charge is 1.00 e. The Morgan fingerprint density at radius 2 is 1.81 bits per heavy atom. The number of hydrogen-bond acceptors (Lipinski definition) is 5. The third kappa shape index (κ3) is 5.56. The van der Waals surface area contributed by atoms with Gasteiger partial charge in [0.1, 0.15) is 6.10 Å². The minimum absolute atomic E-state index is 0. The quantitative estimate of drug-likeness (QED) is 0.430. The van der Waals surface area contributed by atoms with Gasteiger partial charge in [0, 0.05) is 12.4 Å². The molecular formula is C8H8NNa2O4P. The number of aliphatic hydroxyl groups is 1. The first kappa shape index (κ1) is 19.3. The van der Waals surface area contributed by atoms with Gasteiger partial charge in [0.25, 0.3) is 0 Å². The first-order valence-corrected chi connectivity index (χ1v) is 5.26. The Kier molecular flexibility index (Phi) is 9.87. The van der Waals surface area contributed by atoms with Gasteiger partial charge < -0.3 is 19.5 Å². The molecule has 1 rings (SSSR count). The number of aliphatic hydroxyl groups excluding tert-OH is 1. The molecule has 0 saturated carbocycles. The fourth-order valence-electron chi connectivity index (χ4n) is 0.888. The van der Waals surface area contributed by atoms with E-state index >= 15 is 0 Å². The fourth-order valence-corrected chi connectivity index (χ4v) is 1.34. The zero-order valence-corrected chi connectivity index (χ0v) is 14.1. The number of aromatic nitrogens is 1. The second kappa shape index (κ2) is 8.16. The van der Waals surface area contributed by atoms with Crippen LogP contribution in [0.25, 0.3) is 0 Å². The molecule has 76 valence electrons. The Hall–Kier alpha value is 1.00. The molecule has 0 aromatic carbocycles. The van der Waals surface area contributed by atoms with Crippen molar-refractivity contribution < 1.29 is 78.6 Å². The van der Waals surface area contributed by atoms with E-state index in [1.54, 1.807) is 0 Å². The van der Waals surface area contributed by atoms with E-state index in [1.807, 2.05) is 0 Å². The summed E-state index contributed by atoms with van der Waals surface area (Å²) >= 11 is 0. The molecule has 0 bridgehead atoms. The summed E-state index contributed by atoms with van der Waals surface area (Å²) in [6, 6.07) is 2.82. The van der Waals surface area contributed by atoms with Gasteiger partial charge in [-0.25, -0.2) is 0 Å². The molecule has 1 aromatic rings. The number of hydrogen-bond donors (Lipinski definition) is 1. The molecule has 0 saturated heterocycles. The normalized spacial score (nSPS) is 11.9. The molecule has 0 amide bonds. The van der Waals surface area contributed by atoms with Gasteiger partial charge in [-0.2, -0.15) is 0 Å². The molecule has 1 N–H and O–H groups in total. The van der Waals surface area contributed by atoms with Crippen molar-refractivity contribution in [2.24, 2.45) is 0 Å². The SMILES string of the molecule is C=C(C(O)c1ccncc1)P(=O)([O-])[O-].[Na+].[Na+]. The summed E-state index contributed by atoms with van der Waals surface area (Å²) in [5.41, 5.74) is 0.275. The van der Waals surface area contributed by atoms with E-state index in [-0.39, 0.29) is 64.7 Å². The smallest absolute Gasteiger partial charge is 0.808 e. The van der Waals surface area contributed by atoms with Gasteiger partial charge in [-0.15, -0.1) is 0 Å². The van der Waals surface area contributed by atoms with Crippen LogP contribution in [0.4, 0.5) is 0 Å². The van der Waals surface area contributed by atoms with Crippen LogP contribution in [0.2, 0.25) is 0 Å². The molecule has 0 spiro atoms. The van der Waals surface area contributed by atoms with Gasteiger partial charge in [-0.3, -0.25) is 4.98 Å². The van der Waals surface area contributed by atoms with Gasteiger partial charge in [0.2, 0.25) is 0 Å². The molecule has 1 atom stereocenters. The van der Waals surface area contributed by atoms with E-state index in [1.165, 1.54) is 24.5 Å². The Labute approximate surface area is 138 Å². The summed E-state index contributed by atoms with van der Waals surface area (Å²) in [6.45, 7) is 3.04. The first-order chi connectivity index (χ1) is 6.43. The number of pyridine rings is 1. The monoisotopic (exact) mass is 259 g/mol. The summed E-state index contributed by atoms with van der Waals surface area (Å²) in [5, 5.41) is 8.69. The Bertz CT molecular complexity index is 381. The average molecular weight is 259 g/mol. The van der Waals surface area contributed by atoms with Crippen molar-refractivity contribution in [2.75, 3.05) is 0 Å². The molecule has 1 unspecified atom stereocenters. The molecule has 1 aromatic heterocycles. The van der Waals surface area contributed by atoms with Crippen molar-refractivity contribution >= 4 is 7.60 Å². The topological polar surface area (TPSA) is 96.3 Å². The van der Waals surface area contributed by atoms with E-state index in [2.05, 4.69) is 11.6 Å². The van der Waals surface area contributed by atoms with Crippen molar-refractivity contribution in [3.63, 3.8) is 0 Å². The summed E-state index contributed by atoms with van der Waals surface area (Å²) in [4.78, 5) is 24.8. The predicted molar refractivity (Wildman–Crippen MR) is 45.9 cm³/mol. The fraction of sp³-hybridized carbons (Fsp3) is 0.125. The number of rotatable bonds is 3. The van der Waals surface area contributed by atoms with E-state index in [9.17, 15) is 19.5 Å². The van der Waals surface area contributed by atoms with Crippen LogP contribution in [0.3, 0.4) is 0 Å². The van der Waals surface area contributed by atoms with Crippen LogP contribution in [0.15, 0.2) is 36.4 Å². The molecular weight excluding hydrogens is 251 g/mol. The van der Waals surface area contributed by atoms with Crippen LogP contribution in [-0.4, -0.2) is 10.1 Å². The molecule has 1 heterocycles. The summed E-state index contributed by atoms with van der Waals surface area (Å²) in [6.07, 6.45) is 1.28. The Morgan fingerprint density at radius 1 is 1.38 bits per heavy atom. The van der Waals surface area contributed by atoms with Crippen LogP contribution in [0.5, 0.6) is 0 Å². The molecule has 5 nitrogen and oxygen atoms in total. The summed E-state index contributed by atoms with van der Waals surface area (Å²) in [7, 11) is -4.94. The third-order valence-corrected chi connectivity index (χ3v) is 2.64. The van der Waals surface area contributed by atoms with Crippen LogP contribution < -0.4 is 68.9 Å². The maximum absolute atomic E-state index is 10.5. The van der Waals surface area contributed by atoms with Gasteiger partial charge in [-0.05, 0) is 30.6 Å². The van der Waals surface area contributed by atoms with Crippen LogP contribution >= 0.6 is 7.60 Å². The predicted octanol–water partition coefficient (Wildman–Crippen LogP) is -6.45. The van der Waals surface area contributed by atoms with Crippen molar-refractivity contribution in [1.29, 1.82) is 0 Å². The van der Waals surface area contributed by atoms with E-state index in [0.717, 1.165) is 0 Å². The summed E-state index contributed by atoms with van der Waals surface area (Å²) < 4.78 is 10.5. The van der Waals surface area contributed by atoms with Crippen LogP contribution in [0.1, 0.15) is 11.7 Å². The minimum Gasteiger partial charge on any atom is -0.808 e. The second-order valence-electron chi connectivity index (χ2n) is 2.67. The van der Waals surface area contributed by atoms with Gasteiger partial charge in [0.05, 0.1) is 0 Å². The van der Waals surface area contributed by atoms with Crippen LogP contribution in [-0.2, 0) is 4.57 Å². The molecule has 16 heavy (non-hydrogen) atoms. The third-order valence-electron chi connectivity index (χ3n) is 1.69. The van der Waals surface area contributed by atoms with Gasteiger partial charge >= 0.3 is 59.1 Å². The van der Waals surface area contributed by atoms with Crippen LogP contribution in [0, 0.1) is 0 Å². The van der Waals surface area contributed by atoms with Crippen molar-refractivity contribution in [2.45, 2.75) is 6.10 Å². The standard InChI is InChI=1S/C8H10NO4P.2Na/c1-6(14(11,12)13)8(10)7-2-4-9-5-3-7;;/h2-5,8,10H,1H2,(H2,11,12,13);;/q;2*+1/p-2. The van der Waals surface area contributed by atoms with Gasteiger partial charge in [-0.1, -0.05) is 6.58 Å². The molecule has 0 aliphatic rings. The van der Waals surface area contributed by atoms with Crippen molar-refractivity contribution in [1.82, 2.24) is 4.98 Å². The maximum Gasteiger partial charge on any atom is 1.00 e. The van der Waals surface area contributed by atoms with E-state index < -0.39 is 19.0 Å². The second-order valence-corrected chi connectivity index (χ2v) is 4.24. The first-order valence-electron chi connectivity index (χ1n) is 3.72. The van der Waals surface area contributed by atoms with E-state index in [4.69, 9.17) is 0 Å². The molecule has 0 aliphatic carbocycles. The molecule has 8 heteroatoms. The Balaban J connectivity index is 0. The number of nitrogens with zero attached hydrogens (tertiary/aromatic N) is 1. The summed E-state index contributed by atoms with van der Waals surface area (Å²) in [5.74, 6) is 0. The molecule has 0 fully saturated rings. The maximum atomic E-state index is 10.5.